The molecule has 0 spiro atoms. The van der Waals surface area contributed by atoms with Gasteiger partial charge in [0.25, 0.3) is 0 Å². The van der Waals surface area contributed by atoms with E-state index in [1.54, 1.807) is 6.07 Å². The van der Waals surface area contributed by atoms with Crippen molar-refractivity contribution >= 4 is 15.9 Å². The summed E-state index contributed by atoms with van der Waals surface area (Å²) >= 11 is 3.38. The van der Waals surface area contributed by atoms with Gasteiger partial charge in [0.05, 0.1) is 0 Å². The summed E-state index contributed by atoms with van der Waals surface area (Å²) < 4.78 is 14.7. The van der Waals surface area contributed by atoms with Crippen LogP contribution in [-0.2, 0) is 6.54 Å². The molecule has 0 saturated heterocycles. The van der Waals surface area contributed by atoms with Crippen molar-refractivity contribution in [2.45, 2.75) is 32.4 Å². The fraction of sp³-hybridized carbons (Fsp3) is 0.294. The van der Waals surface area contributed by atoms with Crippen LogP contribution >= 0.6 is 15.9 Å². The zero-order chi connectivity index (χ0) is 14.4. The van der Waals surface area contributed by atoms with Gasteiger partial charge in [0, 0.05) is 22.6 Å². The van der Waals surface area contributed by atoms with Gasteiger partial charge in [-0.1, -0.05) is 59.6 Å². The van der Waals surface area contributed by atoms with Gasteiger partial charge in [-0.2, -0.15) is 0 Å². The minimum Gasteiger partial charge on any atom is -0.306 e. The Balaban J connectivity index is 2.07. The molecule has 1 nitrogen and oxygen atoms in total. The number of hydrogen-bond acceptors (Lipinski definition) is 1. The summed E-state index contributed by atoms with van der Waals surface area (Å²) in [6, 6.07) is 15.6. The number of benzene rings is 2. The minimum absolute atomic E-state index is 0.163. The second kappa shape index (κ2) is 7.55. The molecule has 0 radical (unpaired) electrons. The quantitative estimate of drug-likeness (QED) is 0.763. The van der Waals surface area contributed by atoms with E-state index >= 15 is 0 Å². The van der Waals surface area contributed by atoms with Crippen molar-refractivity contribution in [2.75, 3.05) is 0 Å². The van der Waals surface area contributed by atoms with E-state index in [-0.39, 0.29) is 11.9 Å². The predicted molar refractivity (Wildman–Crippen MR) is 85.0 cm³/mol. The maximum atomic E-state index is 13.7. The van der Waals surface area contributed by atoms with Crippen LogP contribution in [0.15, 0.2) is 53.0 Å². The highest BCUT2D eigenvalue weighted by Crippen LogP contribution is 2.20. The van der Waals surface area contributed by atoms with Gasteiger partial charge < -0.3 is 5.32 Å². The Hall–Kier alpha value is -1.19. The fourth-order valence-corrected chi connectivity index (χ4v) is 2.68. The molecular formula is C17H19BrFN. The van der Waals surface area contributed by atoms with Crippen LogP contribution in [0.3, 0.4) is 0 Å². The van der Waals surface area contributed by atoms with Gasteiger partial charge in [-0.15, -0.1) is 0 Å². The lowest BCUT2D eigenvalue weighted by atomic mass is 10.0. The van der Waals surface area contributed by atoms with Gasteiger partial charge in [-0.25, -0.2) is 4.39 Å². The monoisotopic (exact) mass is 335 g/mol. The first-order chi connectivity index (χ1) is 9.70. The van der Waals surface area contributed by atoms with E-state index in [1.807, 2.05) is 24.3 Å². The number of rotatable bonds is 6. The predicted octanol–water partition coefficient (Wildman–Crippen LogP) is 5.22. The third-order valence-electron chi connectivity index (χ3n) is 3.33. The summed E-state index contributed by atoms with van der Waals surface area (Å²) in [5.41, 5.74) is 1.95. The molecule has 20 heavy (non-hydrogen) atoms. The molecule has 0 fully saturated rings. The number of nitrogens with one attached hydrogen (secondary N) is 1. The first kappa shape index (κ1) is 15.2. The molecule has 0 bridgehead atoms. The highest BCUT2D eigenvalue weighted by Gasteiger charge is 2.11. The Morgan fingerprint density at radius 1 is 1.15 bits per heavy atom. The number of halogens is 2. The van der Waals surface area contributed by atoms with Crippen molar-refractivity contribution in [2.24, 2.45) is 0 Å². The molecule has 1 unspecified atom stereocenters. The highest BCUT2D eigenvalue weighted by molar-refractivity contribution is 9.10. The van der Waals surface area contributed by atoms with Gasteiger partial charge >= 0.3 is 0 Å². The highest BCUT2D eigenvalue weighted by atomic mass is 79.9. The first-order valence-corrected chi connectivity index (χ1v) is 7.72. The molecule has 0 aliphatic rings. The van der Waals surface area contributed by atoms with E-state index in [0.29, 0.717) is 12.1 Å². The van der Waals surface area contributed by atoms with Crippen molar-refractivity contribution in [3.8, 4) is 0 Å². The van der Waals surface area contributed by atoms with Crippen LogP contribution in [0.2, 0.25) is 0 Å². The van der Waals surface area contributed by atoms with Crippen molar-refractivity contribution in [3.63, 3.8) is 0 Å². The molecule has 0 aliphatic heterocycles. The SMILES string of the molecule is CCCC(NCc1cc(Br)ccc1F)c1ccccc1. The molecule has 0 aliphatic carbocycles. The van der Waals surface area contributed by atoms with Gasteiger partial charge in [-0.3, -0.25) is 0 Å². The Bertz CT molecular complexity index is 542. The van der Waals surface area contributed by atoms with Crippen molar-refractivity contribution in [1.29, 1.82) is 0 Å². The second-order valence-electron chi connectivity index (χ2n) is 4.87. The standard InChI is InChI=1S/C17H19BrFN/c1-2-6-17(13-7-4-3-5-8-13)20-12-14-11-15(18)9-10-16(14)19/h3-5,7-11,17,20H,2,6,12H2,1H3. The Kier molecular flexibility index (Phi) is 5.74. The first-order valence-electron chi connectivity index (χ1n) is 6.93. The van der Waals surface area contributed by atoms with E-state index in [1.165, 1.54) is 11.6 Å². The maximum absolute atomic E-state index is 13.7. The summed E-state index contributed by atoms with van der Waals surface area (Å²) in [5, 5.41) is 3.46. The van der Waals surface area contributed by atoms with Crippen molar-refractivity contribution in [1.82, 2.24) is 5.32 Å². The summed E-state index contributed by atoms with van der Waals surface area (Å²) in [4.78, 5) is 0. The largest absolute Gasteiger partial charge is 0.306 e. The van der Waals surface area contributed by atoms with Gasteiger partial charge in [0.1, 0.15) is 5.82 Å². The lowest BCUT2D eigenvalue weighted by Gasteiger charge is -2.19. The van der Waals surface area contributed by atoms with E-state index in [9.17, 15) is 4.39 Å². The average molecular weight is 336 g/mol. The van der Waals surface area contributed by atoms with E-state index < -0.39 is 0 Å². The summed E-state index contributed by atoms with van der Waals surface area (Å²) in [7, 11) is 0. The molecule has 0 saturated carbocycles. The molecule has 2 rings (SSSR count). The number of hydrogen-bond donors (Lipinski definition) is 1. The zero-order valence-electron chi connectivity index (χ0n) is 11.6. The normalized spacial score (nSPS) is 12.3. The summed E-state index contributed by atoms with van der Waals surface area (Å²) in [6.07, 6.45) is 2.13. The maximum Gasteiger partial charge on any atom is 0.127 e. The average Bonchev–Trinajstić information content (AvgIpc) is 2.47. The third-order valence-corrected chi connectivity index (χ3v) is 3.82. The molecule has 106 valence electrons. The van der Waals surface area contributed by atoms with Gasteiger partial charge in [-0.05, 0) is 30.2 Å². The molecule has 1 atom stereocenters. The van der Waals surface area contributed by atoms with Crippen LogP contribution in [-0.4, -0.2) is 0 Å². The van der Waals surface area contributed by atoms with Crippen LogP contribution in [0.25, 0.3) is 0 Å². The van der Waals surface area contributed by atoms with E-state index in [0.717, 1.165) is 17.3 Å². The van der Waals surface area contributed by atoms with E-state index in [2.05, 4.69) is 40.3 Å². The molecule has 0 amide bonds. The molecule has 3 heteroatoms. The van der Waals surface area contributed by atoms with Crippen molar-refractivity contribution < 1.29 is 4.39 Å². The molecule has 1 N–H and O–H groups in total. The van der Waals surface area contributed by atoms with E-state index in [4.69, 9.17) is 0 Å². The molecule has 2 aromatic rings. The van der Waals surface area contributed by atoms with Crippen LogP contribution in [0.4, 0.5) is 4.39 Å². The fourth-order valence-electron chi connectivity index (χ4n) is 2.27. The third kappa shape index (κ3) is 4.15. The minimum atomic E-state index is -0.163. The molecular weight excluding hydrogens is 317 g/mol. The summed E-state index contributed by atoms with van der Waals surface area (Å²) in [6.45, 7) is 2.70. The Morgan fingerprint density at radius 3 is 2.60 bits per heavy atom. The second-order valence-corrected chi connectivity index (χ2v) is 5.78. The van der Waals surface area contributed by atoms with Gasteiger partial charge in [0.15, 0.2) is 0 Å². The molecule has 0 heterocycles. The molecule has 2 aromatic carbocycles. The van der Waals surface area contributed by atoms with Crippen molar-refractivity contribution in [3.05, 3.63) is 69.9 Å². The zero-order valence-corrected chi connectivity index (χ0v) is 13.2. The van der Waals surface area contributed by atoms with Crippen LogP contribution in [0.1, 0.15) is 36.9 Å². The van der Waals surface area contributed by atoms with Crippen LogP contribution in [0, 0.1) is 5.82 Å². The Morgan fingerprint density at radius 2 is 1.90 bits per heavy atom. The topological polar surface area (TPSA) is 12.0 Å². The van der Waals surface area contributed by atoms with Crippen LogP contribution < -0.4 is 5.32 Å². The molecule has 0 aromatic heterocycles. The lowest BCUT2D eigenvalue weighted by Crippen LogP contribution is -2.21. The lowest BCUT2D eigenvalue weighted by molar-refractivity contribution is 0.483. The summed E-state index contributed by atoms with van der Waals surface area (Å²) in [5.74, 6) is -0.163. The van der Waals surface area contributed by atoms with Gasteiger partial charge in [0.2, 0.25) is 0 Å². The smallest absolute Gasteiger partial charge is 0.127 e. The van der Waals surface area contributed by atoms with Crippen LogP contribution in [0.5, 0.6) is 0 Å². The Labute approximate surface area is 128 Å².